The summed E-state index contributed by atoms with van der Waals surface area (Å²) >= 11 is 0. The SMILES string of the molecule is CCOC(=O)N1CCN(C(=O)CCN(C(C)=O)c2ccc(OCC)cc2)CC1. The quantitative estimate of drug-likeness (QED) is 0.711. The van der Waals surface area contributed by atoms with Crippen LogP contribution in [0, 0.1) is 0 Å². The number of amides is 3. The predicted octanol–water partition coefficient (Wildman–Crippen LogP) is 2.13. The van der Waals surface area contributed by atoms with Gasteiger partial charge in [0.25, 0.3) is 0 Å². The van der Waals surface area contributed by atoms with Gasteiger partial charge in [-0.2, -0.15) is 0 Å². The molecule has 1 fully saturated rings. The van der Waals surface area contributed by atoms with Crippen molar-refractivity contribution in [1.29, 1.82) is 0 Å². The second-order valence-electron chi connectivity index (χ2n) is 6.41. The summed E-state index contributed by atoms with van der Waals surface area (Å²) in [5, 5.41) is 0. The third-order valence-corrected chi connectivity index (χ3v) is 4.55. The van der Waals surface area contributed by atoms with E-state index < -0.39 is 0 Å². The molecule has 8 nitrogen and oxygen atoms in total. The van der Waals surface area contributed by atoms with Crippen LogP contribution in [-0.2, 0) is 14.3 Å². The fourth-order valence-corrected chi connectivity index (χ4v) is 3.08. The van der Waals surface area contributed by atoms with Crippen molar-refractivity contribution in [2.45, 2.75) is 27.2 Å². The highest BCUT2D eigenvalue weighted by atomic mass is 16.6. The van der Waals surface area contributed by atoms with Crippen LogP contribution in [0.25, 0.3) is 0 Å². The summed E-state index contributed by atoms with van der Waals surface area (Å²) in [6.45, 7) is 8.25. The molecule has 1 heterocycles. The third kappa shape index (κ3) is 5.87. The second kappa shape index (κ2) is 10.5. The molecular formula is C20H29N3O5. The van der Waals surface area contributed by atoms with Crippen molar-refractivity contribution in [3.05, 3.63) is 24.3 Å². The normalized spacial score (nSPS) is 13.8. The fraction of sp³-hybridized carbons (Fsp3) is 0.550. The van der Waals surface area contributed by atoms with Gasteiger partial charge in [-0.15, -0.1) is 0 Å². The van der Waals surface area contributed by atoms with Gasteiger partial charge in [-0.1, -0.05) is 0 Å². The maximum atomic E-state index is 12.5. The predicted molar refractivity (Wildman–Crippen MR) is 105 cm³/mol. The lowest BCUT2D eigenvalue weighted by molar-refractivity contribution is -0.132. The van der Waals surface area contributed by atoms with Crippen LogP contribution >= 0.6 is 0 Å². The standard InChI is InChI=1S/C20H29N3O5/c1-4-27-18-8-6-17(7-9-18)23(16(3)24)11-10-19(25)21-12-14-22(15-13-21)20(26)28-5-2/h6-9H,4-5,10-15H2,1-3H3. The van der Waals surface area contributed by atoms with Gasteiger partial charge in [-0.05, 0) is 38.1 Å². The topological polar surface area (TPSA) is 79.4 Å². The zero-order valence-corrected chi connectivity index (χ0v) is 16.8. The summed E-state index contributed by atoms with van der Waals surface area (Å²) in [5.74, 6) is 0.593. The highest BCUT2D eigenvalue weighted by Crippen LogP contribution is 2.20. The average Bonchev–Trinajstić information content (AvgIpc) is 2.69. The van der Waals surface area contributed by atoms with E-state index in [0.717, 1.165) is 11.4 Å². The summed E-state index contributed by atoms with van der Waals surface area (Å²) < 4.78 is 10.4. The molecule has 1 aliphatic rings. The molecule has 28 heavy (non-hydrogen) atoms. The first-order valence-electron chi connectivity index (χ1n) is 9.66. The van der Waals surface area contributed by atoms with Crippen LogP contribution in [0.4, 0.5) is 10.5 Å². The van der Waals surface area contributed by atoms with Crippen LogP contribution < -0.4 is 9.64 Å². The number of rotatable bonds is 7. The maximum Gasteiger partial charge on any atom is 0.409 e. The van der Waals surface area contributed by atoms with E-state index in [1.165, 1.54) is 6.92 Å². The zero-order chi connectivity index (χ0) is 20.5. The van der Waals surface area contributed by atoms with Gasteiger partial charge >= 0.3 is 6.09 Å². The van der Waals surface area contributed by atoms with Crippen LogP contribution in [0.2, 0.25) is 0 Å². The molecule has 0 N–H and O–H groups in total. The largest absolute Gasteiger partial charge is 0.494 e. The minimum Gasteiger partial charge on any atom is -0.494 e. The van der Waals surface area contributed by atoms with E-state index in [1.54, 1.807) is 21.6 Å². The van der Waals surface area contributed by atoms with Crippen LogP contribution in [0.15, 0.2) is 24.3 Å². The van der Waals surface area contributed by atoms with Gasteiger partial charge in [0.1, 0.15) is 5.75 Å². The fourth-order valence-electron chi connectivity index (χ4n) is 3.08. The van der Waals surface area contributed by atoms with Gasteiger partial charge in [0.15, 0.2) is 0 Å². The number of hydrogen-bond donors (Lipinski definition) is 0. The average molecular weight is 391 g/mol. The first kappa shape index (κ1) is 21.5. The number of carbonyl (C=O) groups excluding carboxylic acids is 3. The summed E-state index contributed by atoms with van der Waals surface area (Å²) in [7, 11) is 0. The molecule has 2 rings (SSSR count). The van der Waals surface area contributed by atoms with Crippen LogP contribution in [0.3, 0.4) is 0 Å². The summed E-state index contributed by atoms with van der Waals surface area (Å²) in [4.78, 5) is 41.2. The van der Waals surface area contributed by atoms with E-state index in [-0.39, 0.29) is 24.3 Å². The Balaban J connectivity index is 1.87. The number of nitrogens with zero attached hydrogens (tertiary/aromatic N) is 3. The van der Waals surface area contributed by atoms with E-state index >= 15 is 0 Å². The molecule has 0 radical (unpaired) electrons. The number of carbonyl (C=O) groups is 3. The summed E-state index contributed by atoms with van der Waals surface area (Å²) in [5.41, 5.74) is 0.732. The molecule has 0 aliphatic carbocycles. The van der Waals surface area contributed by atoms with E-state index in [9.17, 15) is 14.4 Å². The third-order valence-electron chi connectivity index (χ3n) is 4.55. The molecule has 0 unspecified atom stereocenters. The minimum atomic E-state index is -0.340. The molecular weight excluding hydrogens is 362 g/mol. The first-order chi connectivity index (χ1) is 13.5. The van der Waals surface area contributed by atoms with E-state index in [4.69, 9.17) is 9.47 Å². The molecule has 1 aromatic carbocycles. The van der Waals surface area contributed by atoms with Gasteiger partial charge in [-0.25, -0.2) is 4.79 Å². The molecule has 1 aromatic rings. The highest BCUT2D eigenvalue weighted by molar-refractivity contribution is 5.92. The minimum absolute atomic E-state index is 0.0271. The van der Waals surface area contributed by atoms with Gasteiger partial charge in [-0.3, -0.25) is 9.59 Å². The Labute approximate surface area is 166 Å². The molecule has 1 aliphatic heterocycles. The van der Waals surface area contributed by atoms with E-state index in [2.05, 4.69) is 0 Å². The number of hydrogen-bond acceptors (Lipinski definition) is 5. The molecule has 0 aromatic heterocycles. The Bertz CT molecular complexity index is 669. The molecule has 3 amide bonds. The van der Waals surface area contributed by atoms with Crippen LogP contribution in [0.1, 0.15) is 27.2 Å². The van der Waals surface area contributed by atoms with Gasteiger partial charge < -0.3 is 24.2 Å². The monoisotopic (exact) mass is 391 g/mol. The molecule has 154 valence electrons. The van der Waals surface area contributed by atoms with Crippen molar-refractivity contribution < 1.29 is 23.9 Å². The summed E-state index contributed by atoms with van der Waals surface area (Å²) in [6.07, 6.45) is -0.112. The molecule has 0 bridgehead atoms. The van der Waals surface area contributed by atoms with Crippen LogP contribution in [-0.4, -0.2) is 73.6 Å². The number of piperazine rings is 1. The smallest absolute Gasteiger partial charge is 0.409 e. The van der Waals surface area contributed by atoms with Crippen molar-refractivity contribution in [2.75, 3.05) is 50.8 Å². The lowest BCUT2D eigenvalue weighted by Crippen LogP contribution is -2.51. The lowest BCUT2D eigenvalue weighted by atomic mass is 10.2. The number of anilines is 1. The second-order valence-corrected chi connectivity index (χ2v) is 6.41. The molecule has 0 atom stereocenters. The molecule has 8 heteroatoms. The van der Waals surface area contributed by atoms with Crippen molar-refractivity contribution in [3.8, 4) is 5.75 Å². The van der Waals surface area contributed by atoms with E-state index in [1.807, 2.05) is 31.2 Å². The Hall–Kier alpha value is -2.77. The van der Waals surface area contributed by atoms with Gasteiger partial charge in [0, 0.05) is 51.8 Å². The molecule has 0 spiro atoms. The van der Waals surface area contributed by atoms with Crippen LogP contribution in [0.5, 0.6) is 5.75 Å². The molecule has 1 saturated heterocycles. The van der Waals surface area contributed by atoms with Crippen molar-refractivity contribution in [3.63, 3.8) is 0 Å². The first-order valence-corrected chi connectivity index (χ1v) is 9.66. The Morgan fingerprint density at radius 1 is 0.964 bits per heavy atom. The molecule has 0 saturated carbocycles. The van der Waals surface area contributed by atoms with E-state index in [0.29, 0.717) is 45.9 Å². The van der Waals surface area contributed by atoms with Crippen molar-refractivity contribution >= 4 is 23.6 Å². The highest BCUT2D eigenvalue weighted by Gasteiger charge is 2.25. The lowest BCUT2D eigenvalue weighted by Gasteiger charge is -2.34. The zero-order valence-electron chi connectivity index (χ0n) is 16.8. The van der Waals surface area contributed by atoms with Crippen molar-refractivity contribution in [1.82, 2.24) is 9.80 Å². The Kier molecular flexibility index (Phi) is 8.10. The Morgan fingerprint density at radius 2 is 1.57 bits per heavy atom. The van der Waals surface area contributed by atoms with Gasteiger partial charge in [0.05, 0.1) is 13.2 Å². The Morgan fingerprint density at radius 3 is 2.11 bits per heavy atom. The number of benzene rings is 1. The van der Waals surface area contributed by atoms with Gasteiger partial charge in [0.2, 0.25) is 11.8 Å². The van der Waals surface area contributed by atoms with Crippen molar-refractivity contribution in [2.24, 2.45) is 0 Å². The maximum absolute atomic E-state index is 12.5. The summed E-state index contributed by atoms with van der Waals surface area (Å²) in [6, 6.07) is 7.25. The number of ether oxygens (including phenoxy) is 2.